The molecule has 0 aliphatic heterocycles. The highest BCUT2D eigenvalue weighted by Crippen LogP contribution is 2.10. The van der Waals surface area contributed by atoms with Crippen molar-refractivity contribution in [3.8, 4) is 0 Å². The van der Waals surface area contributed by atoms with Crippen molar-refractivity contribution in [1.29, 1.82) is 0 Å². The number of rotatable bonds is 6. The van der Waals surface area contributed by atoms with Gasteiger partial charge in [-0.25, -0.2) is 13.1 Å². The number of anilines is 1. The quantitative estimate of drug-likeness (QED) is 0.806. The molecular weight excluding hydrogens is 254 g/mol. The molecule has 0 bridgehead atoms. The summed E-state index contributed by atoms with van der Waals surface area (Å²) in [7, 11) is -3.09. The number of nitrogens with two attached hydrogens (primary N) is 1. The minimum atomic E-state index is -3.09. The van der Waals surface area contributed by atoms with Gasteiger partial charge in [0.25, 0.3) is 5.56 Å². The van der Waals surface area contributed by atoms with Gasteiger partial charge in [-0.05, 0) is 12.8 Å². The number of sulfone groups is 1. The van der Waals surface area contributed by atoms with Crippen LogP contribution in [0.5, 0.6) is 0 Å². The van der Waals surface area contributed by atoms with E-state index < -0.39 is 9.84 Å². The van der Waals surface area contributed by atoms with Crippen molar-refractivity contribution in [2.24, 2.45) is 0 Å². The normalized spacial score (nSPS) is 11.9. The summed E-state index contributed by atoms with van der Waals surface area (Å²) in [5.74, 6) is -0.0524. The molecule has 0 aromatic carbocycles. The standard InChI is InChI=1S/C11H21N3O3S/c1-4-6-13-9(5-2)10(12)11(15)14(13)7-8-18(3,16)17/h4-8,12H2,1-3H3. The van der Waals surface area contributed by atoms with E-state index in [1.807, 2.05) is 18.5 Å². The molecule has 18 heavy (non-hydrogen) atoms. The number of aromatic nitrogens is 2. The average Bonchev–Trinajstić information content (AvgIpc) is 2.49. The van der Waals surface area contributed by atoms with Crippen LogP contribution in [0.25, 0.3) is 0 Å². The van der Waals surface area contributed by atoms with E-state index in [1.165, 1.54) is 4.68 Å². The van der Waals surface area contributed by atoms with Gasteiger partial charge in [0, 0.05) is 12.8 Å². The van der Waals surface area contributed by atoms with Crippen LogP contribution in [0.4, 0.5) is 5.69 Å². The van der Waals surface area contributed by atoms with Crippen LogP contribution in [0, 0.1) is 0 Å². The molecule has 0 aliphatic carbocycles. The summed E-state index contributed by atoms with van der Waals surface area (Å²) >= 11 is 0. The Labute approximate surface area is 107 Å². The first-order valence-corrected chi connectivity index (χ1v) is 8.13. The molecule has 0 spiro atoms. The Morgan fingerprint density at radius 1 is 1.17 bits per heavy atom. The molecule has 6 nitrogen and oxygen atoms in total. The molecule has 0 fully saturated rings. The molecule has 104 valence electrons. The van der Waals surface area contributed by atoms with Crippen molar-refractivity contribution in [3.05, 3.63) is 16.0 Å². The lowest BCUT2D eigenvalue weighted by Crippen LogP contribution is -2.27. The summed E-state index contributed by atoms with van der Waals surface area (Å²) in [5.41, 5.74) is 6.52. The molecule has 1 aromatic heterocycles. The molecule has 2 N–H and O–H groups in total. The predicted molar refractivity (Wildman–Crippen MR) is 72.5 cm³/mol. The molecule has 0 unspecified atom stereocenters. The molecule has 7 heteroatoms. The summed E-state index contributed by atoms with van der Waals surface area (Å²) in [6.45, 7) is 4.75. The van der Waals surface area contributed by atoms with E-state index in [-0.39, 0.29) is 23.5 Å². The van der Waals surface area contributed by atoms with Gasteiger partial charge in [0.15, 0.2) is 0 Å². The van der Waals surface area contributed by atoms with Gasteiger partial charge < -0.3 is 5.73 Å². The molecule has 0 radical (unpaired) electrons. The Morgan fingerprint density at radius 3 is 2.22 bits per heavy atom. The zero-order valence-electron chi connectivity index (χ0n) is 11.1. The lowest BCUT2D eigenvalue weighted by Gasteiger charge is -2.13. The number of nitrogens with zero attached hydrogens (tertiary/aromatic N) is 2. The number of nitrogen functional groups attached to an aromatic ring is 1. The summed E-state index contributed by atoms with van der Waals surface area (Å²) in [6.07, 6.45) is 2.68. The second kappa shape index (κ2) is 5.60. The summed E-state index contributed by atoms with van der Waals surface area (Å²) in [6, 6.07) is 0. The van der Waals surface area contributed by atoms with Crippen LogP contribution < -0.4 is 11.3 Å². The molecule has 1 heterocycles. The molecule has 1 rings (SSSR count). The van der Waals surface area contributed by atoms with E-state index >= 15 is 0 Å². The van der Waals surface area contributed by atoms with Crippen molar-refractivity contribution in [2.45, 2.75) is 39.8 Å². The first kappa shape index (κ1) is 14.8. The Kier molecular flexibility index (Phi) is 4.61. The molecular formula is C11H21N3O3S. The van der Waals surface area contributed by atoms with Crippen LogP contribution in [0.1, 0.15) is 26.0 Å². The Balaban J connectivity index is 3.20. The average molecular weight is 275 g/mol. The van der Waals surface area contributed by atoms with Crippen LogP contribution in [0.15, 0.2) is 4.79 Å². The number of hydrogen-bond acceptors (Lipinski definition) is 4. The van der Waals surface area contributed by atoms with Gasteiger partial charge in [-0.3, -0.25) is 9.48 Å². The largest absolute Gasteiger partial charge is 0.393 e. The molecule has 0 amide bonds. The summed E-state index contributed by atoms with van der Waals surface area (Å²) in [4.78, 5) is 12.0. The zero-order valence-corrected chi connectivity index (χ0v) is 12.0. The van der Waals surface area contributed by atoms with Gasteiger partial charge in [-0.1, -0.05) is 13.8 Å². The third-order valence-corrected chi connectivity index (χ3v) is 3.75. The molecule has 1 aromatic rings. The van der Waals surface area contributed by atoms with Crippen LogP contribution in [0.2, 0.25) is 0 Å². The Bertz CT molecular complexity index is 569. The highest BCUT2D eigenvalue weighted by molar-refractivity contribution is 7.90. The Morgan fingerprint density at radius 2 is 1.78 bits per heavy atom. The third kappa shape index (κ3) is 3.16. The molecule has 0 saturated heterocycles. The van der Waals surface area contributed by atoms with E-state index in [4.69, 9.17) is 5.73 Å². The second-order valence-electron chi connectivity index (χ2n) is 4.40. The van der Waals surface area contributed by atoms with Crippen molar-refractivity contribution in [2.75, 3.05) is 17.7 Å². The van der Waals surface area contributed by atoms with Crippen molar-refractivity contribution in [3.63, 3.8) is 0 Å². The second-order valence-corrected chi connectivity index (χ2v) is 6.65. The van der Waals surface area contributed by atoms with Gasteiger partial charge >= 0.3 is 0 Å². The fourth-order valence-electron chi connectivity index (χ4n) is 1.97. The van der Waals surface area contributed by atoms with E-state index in [0.717, 1.165) is 18.4 Å². The third-order valence-electron chi connectivity index (χ3n) is 2.82. The maximum Gasteiger partial charge on any atom is 0.290 e. The van der Waals surface area contributed by atoms with Crippen molar-refractivity contribution >= 4 is 15.5 Å². The van der Waals surface area contributed by atoms with Crippen LogP contribution in [-0.4, -0.2) is 29.8 Å². The first-order valence-electron chi connectivity index (χ1n) is 6.07. The fraction of sp³-hybridized carbons (Fsp3) is 0.727. The van der Waals surface area contributed by atoms with Gasteiger partial charge in [0.05, 0.1) is 18.0 Å². The predicted octanol–water partition coefficient (Wildman–Crippen LogP) is 0.249. The monoisotopic (exact) mass is 275 g/mol. The minimum absolute atomic E-state index is 0.0524. The summed E-state index contributed by atoms with van der Waals surface area (Å²) < 4.78 is 25.6. The van der Waals surface area contributed by atoms with Gasteiger partial charge in [-0.2, -0.15) is 0 Å². The highest BCUT2D eigenvalue weighted by atomic mass is 32.2. The molecule has 0 saturated carbocycles. The summed E-state index contributed by atoms with van der Waals surface area (Å²) in [5, 5.41) is 0. The topological polar surface area (TPSA) is 87.1 Å². The lowest BCUT2D eigenvalue weighted by molar-refractivity contribution is 0.441. The highest BCUT2D eigenvalue weighted by Gasteiger charge is 2.16. The van der Waals surface area contributed by atoms with E-state index in [9.17, 15) is 13.2 Å². The molecule has 0 atom stereocenters. The maximum atomic E-state index is 12.0. The lowest BCUT2D eigenvalue weighted by atomic mass is 10.3. The van der Waals surface area contributed by atoms with Crippen molar-refractivity contribution in [1.82, 2.24) is 9.36 Å². The van der Waals surface area contributed by atoms with E-state index in [0.29, 0.717) is 13.0 Å². The van der Waals surface area contributed by atoms with E-state index in [2.05, 4.69) is 0 Å². The van der Waals surface area contributed by atoms with Crippen LogP contribution in [-0.2, 0) is 29.3 Å². The maximum absolute atomic E-state index is 12.0. The number of hydrogen-bond donors (Lipinski definition) is 1. The zero-order chi connectivity index (χ0) is 13.9. The minimum Gasteiger partial charge on any atom is -0.393 e. The fourth-order valence-corrected chi connectivity index (χ4v) is 2.48. The van der Waals surface area contributed by atoms with Gasteiger partial charge in [0.2, 0.25) is 0 Å². The van der Waals surface area contributed by atoms with Gasteiger partial charge in [0.1, 0.15) is 15.5 Å². The SMILES string of the molecule is CCCn1c(CC)c(N)c(=O)n1CCS(C)(=O)=O. The van der Waals surface area contributed by atoms with Crippen LogP contribution >= 0.6 is 0 Å². The van der Waals surface area contributed by atoms with Crippen molar-refractivity contribution < 1.29 is 8.42 Å². The molecule has 0 aliphatic rings. The smallest absolute Gasteiger partial charge is 0.290 e. The van der Waals surface area contributed by atoms with E-state index in [1.54, 1.807) is 0 Å². The van der Waals surface area contributed by atoms with Crippen LogP contribution in [0.3, 0.4) is 0 Å². The first-order chi connectivity index (χ1) is 8.31. The Hall–Kier alpha value is -1.24. The van der Waals surface area contributed by atoms with Gasteiger partial charge in [-0.15, -0.1) is 0 Å².